The zero-order valence-corrected chi connectivity index (χ0v) is 14.1. The van der Waals surface area contributed by atoms with E-state index in [2.05, 4.69) is 10.4 Å². The number of nitrogens with one attached hydrogen (secondary N) is 1. The summed E-state index contributed by atoms with van der Waals surface area (Å²) in [4.78, 5) is 22.9. The summed E-state index contributed by atoms with van der Waals surface area (Å²) in [7, 11) is 1.35. The monoisotopic (exact) mass is 332 g/mol. The zero-order valence-electron chi connectivity index (χ0n) is 14.1. The molecule has 0 aliphatic rings. The highest BCUT2D eigenvalue weighted by Crippen LogP contribution is 2.27. The Hall–Kier alpha value is -2.90. The fraction of sp³-hybridized carbons (Fsp3) is 0.375. The van der Waals surface area contributed by atoms with E-state index >= 15 is 0 Å². The van der Waals surface area contributed by atoms with E-state index < -0.39 is 10.8 Å². The third-order valence-corrected chi connectivity index (χ3v) is 3.89. The molecule has 2 aromatic rings. The molecule has 1 atom stereocenters. The molecule has 0 spiro atoms. The van der Waals surface area contributed by atoms with Gasteiger partial charge in [-0.1, -0.05) is 0 Å². The second-order valence-electron chi connectivity index (χ2n) is 5.34. The van der Waals surface area contributed by atoms with E-state index in [1.807, 2.05) is 25.5 Å². The minimum atomic E-state index is -0.575. The van der Waals surface area contributed by atoms with Crippen LogP contribution in [0.4, 0.5) is 5.69 Å². The number of aryl methyl sites for hydroxylation is 1. The highest BCUT2D eigenvalue weighted by molar-refractivity contribution is 5.95. The van der Waals surface area contributed by atoms with Crippen molar-refractivity contribution >= 4 is 11.6 Å². The summed E-state index contributed by atoms with van der Waals surface area (Å²) in [5.74, 6) is -0.276. The maximum Gasteiger partial charge on any atom is 0.311 e. The first-order valence-electron chi connectivity index (χ1n) is 7.54. The van der Waals surface area contributed by atoms with Crippen LogP contribution in [0.25, 0.3) is 0 Å². The first kappa shape index (κ1) is 17.5. The molecule has 0 saturated heterocycles. The number of nitro groups is 1. The molecule has 1 amide bonds. The Bertz CT molecular complexity index is 769. The largest absolute Gasteiger partial charge is 0.490 e. The summed E-state index contributed by atoms with van der Waals surface area (Å²) in [5, 5.41) is 18.2. The molecule has 128 valence electrons. The minimum Gasteiger partial charge on any atom is -0.490 e. The number of carbonyl (C=O) groups excluding carboxylic acids is 1. The van der Waals surface area contributed by atoms with Crippen molar-refractivity contribution in [2.45, 2.75) is 33.4 Å². The van der Waals surface area contributed by atoms with E-state index in [1.165, 1.54) is 25.3 Å². The van der Waals surface area contributed by atoms with Crippen LogP contribution in [0.15, 0.2) is 24.4 Å². The molecule has 0 radical (unpaired) electrons. The first-order valence-corrected chi connectivity index (χ1v) is 7.54. The number of hydrogen-bond acceptors (Lipinski definition) is 5. The van der Waals surface area contributed by atoms with Crippen LogP contribution in [0.5, 0.6) is 5.75 Å². The lowest BCUT2D eigenvalue weighted by atomic mass is 10.1. The van der Waals surface area contributed by atoms with Gasteiger partial charge in [0.1, 0.15) is 0 Å². The fourth-order valence-electron chi connectivity index (χ4n) is 2.54. The van der Waals surface area contributed by atoms with Gasteiger partial charge in [0, 0.05) is 29.4 Å². The van der Waals surface area contributed by atoms with Gasteiger partial charge in [-0.15, -0.1) is 0 Å². The molecule has 8 nitrogen and oxygen atoms in total. The smallest absolute Gasteiger partial charge is 0.311 e. The minimum absolute atomic E-state index is 0.115. The number of nitro benzene ring substituents is 1. The molecule has 0 aliphatic heterocycles. The average molecular weight is 332 g/mol. The summed E-state index contributed by atoms with van der Waals surface area (Å²) >= 11 is 0. The van der Waals surface area contributed by atoms with Crippen LogP contribution in [0.2, 0.25) is 0 Å². The Morgan fingerprint density at radius 3 is 2.75 bits per heavy atom. The van der Waals surface area contributed by atoms with E-state index in [9.17, 15) is 14.9 Å². The Kier molecular flexibility index (Phi) is 5.18. The van der Waals surface area contributed by atoms with Gasteiger partial charge in [0.15, 0.2) is 5.75 Å². The van der Waals surface area contributed by atoms with Gasteiger partial charge in [-0.2, -0.15) is 5.10 Å². The topological polar surface area (TPSA) is 99.3 Å². The van der Waals surface area contributed by atoms with Crippen molar-refractivity contribution in [1.29, 1.82) is 0 Å². The van der Waals surface area contributed by atoms with Crippen molar-refractivity contribution in [2.75, 3.05) is 7.11 Å². The van der Waals surface area contributed by atoms with Gasteiger partial charge >= 0.3 is 5.69 Å². The Morgan fingerprint density at radius 1 is 1.50 bits per heavy atom. The second-order valence-corrected chi connectivity index (χ2v) is 5.34. The quantitative estimate of drug-likeness (QED) is 0.647. The van der Waals surface area contributed by atoms with Crippen molar-refractivity contribution in [3.8, 4) is 5.75 Å². The lowest BCUT2D eigenvalue weighted by Crippen LogP contribution is -2.27. The number of carbonyl (C=O) groups is 1. The molecule has 0 aliphatic carbocycles. The Labute approximate surface area is 139 Å². The number of ether oxygens (including phenoxy) is 1. The lowest BCUT2D eigenvalue weighted by Gasteiger charge is -2.14. The number of rotatable bonds is 6. The third-order valence-electron chi connectivity index (χ3n) is 3.89. The molecule has 1 heterocycles. The predicted octanol–water partition coefficient (Wildman–Crippen LogP) is 2.62. The van der Waals surface area contributed by atoms with Gasteiger partial charge in [-0.25, -0.2) is 0 Å². The van der Waals surface area contributed by atoms with Gasteiger partial charge in [0.05, 0.1) is 24.3 Å². The molecule has 24 heavy (non-hydrogen) atoms. The Morgan fingerprint density at radius 2 is 2.21 bits per heavy atom. The number of aromatic nitrogens is 2. The van der Waals surface area contributed by atoms with Crippen LogP contribution in [-0.2, 0) is 6.54 Å². The van der Waals surface area contributed by atoms with Gasteiger partial charge in [0.25, 0.3) is 5.91 Å². The maximum atomic E-state index is 12.4. The van der Waals surface area contributed by atoms with Gasteiger partial charge in [-0.05, 0) is 32.9 Å². The highest BCUT2D eigenvalue weighted by atomic mass is 16.6. The summed E-state index contributed by atoms with van der Waals surface area (Å²) in [5.41, 5.74) is 1.85. The van der Waals surface area contributed by atoms with E-state index in [1.54, 1.807) is 6.20 Å². The van der Waals surface area contributed by atoms with Crippen molar-refractivity contribution in [2.24, 2.45) is 0 Å². The molecule has 8 heteroatoms. The van der Waals surface area contributed by atoms with Gasteiger partial charge in [0.2, 0.25) is 0 Å². The summed E-state index contributed by atoms with van der Waals surface area (Å²) in [6.07, 6.45) is 1.72. The molecule has 0 saturated carbocycles. The molecule has 1 aromatic heterocycles. The fourth-order valence-corrected chi connectivity index (χ4v) is 2.54. The first-order chi connectivity index (χ1) is 11.4. The second kappa shape index (κ2) is 7.12. The third kappa shape index (κ3) is 3.37. The normalized spacial score (nSPS) is 11.8. The molecule has 0 bridgehead atoms. The van der Waals surface area contributed by atoms with Crippen LogP contribution >= 0.6 is 0 Å². The van der Waals surface area contributed by atoms with Gasteiger partial charge in [-0.3, -0.25) is 19.6 Å². The number of hydrogen-bond donors (Lipinski definition) is 1. The standard InChI is InChI=1S/C16H20N4O4/c1-5-19-11(3)13(9-17-19)10(2)18-16(21)12-6-7-15(24-4)14(8-12)20(22)23/h6-10H,5H2,1-4H3,(H,18,21). The number of nitrogens with zero attached hydrogens (tertiary/aromatic N) is 3. The van der Waals surface area contributed by atoms with Crippen molar-refractivity contribution in [3.63, 3.8) is 0 Å². The molecular weight excluding hydrogens is 312 g/mol. The summed E-state index contributed by atoms with van der Waals surface area (Å²) in [6.45, 7) is 6.52. The molecule has 2 rings (SSSR count). The predicted molar refractivity (Wildman–Crippen MR) is 88.2 cm³/mol. The van der Waals surface area contributed by atoms with Gasteiger partial charge < -0.3 is 10.1 Å². The summed E-state index contributed by atoms with van der Waals surface area (Å²) < 4.78 is 6.78. The SMILES string of the molecule is CCn1ncc(C(C)NC(=O)c2ccc(OC)c([N+](=O)[O-])c2)c1C. The zero-order chi connectivity index (χ0) is 17.9. The van der Waals surface area contributed by atoms with E-state index in [-0.39, 0.29) is 23.0 Å². The Balaban J connectivity index is 2.21. The molecule has 1 aromatic carbocycles. The van der Waals surface area contributed by atoms with E-state index in [4.69, 9.17) is 4.74 Å². The lowest BCUT2D eigenvalue weighted by molar-refractivity contribution is -0.385. The highest BCUT2D eigenvalue weighted by Gasteiger charge is 2.20. The molecule has 0 fully saturated rings. The van der Waals surface area contributed by atoms with E-state index in [0.717, 1.165) is 17.8 Å². The molecule has 1 unspecified atom stereocenters. The van der Waals surface area contributed by atoms with Crippen LogP contribution in [0.3, 0.4) is 0 Å². The average Bonchev–Trinajstić information content (AvgIpc) is 2.94. The maximum absolute atomic E-state index is 12.4. The van der Waals surface area contributed by atoms with Crippen molar-refractivity contribution < 1.29 is 14.5 Å². The van der Waals surface area contributed by atoms with Crippen molar-refractivity contribution in [3.05, 3.63) is 51.3 Å². The van der Waals surface area contributed by atoms with Crippen LogP contribution in [-0.4, -0.2) is 27.7 Å². The van der Waals surface area contributed by atoms with E-state index in [0.29, 0.717) is 0 Å². The molecular formula is C16H20N4O4. The number of benzene rings is 1. The molecule has 1 N–H and O–H groups in total. The number of amides is 1. The number of methoxy groups -OCH3 is 1. The van der Waals surface area contributed by atoms with Crippen LogP contribution < -0.4 is 10.1 Å². The van der Waals surface area contributed by atoms with Crippen LogP contribution in [0, 0.1) is 17.0 Å². The van der Waals surface area contributed by atoms with Crippen molar-refractivity contribution in [1.82, 2.24) is 15.1 Å². The van der Waals surface area contributed by atoms with Crippen LogP contribution in [0.1, 0.15) is 41.5 Å². The summed E-state index contributed by atoms with van der Waals surface area (Å²) in [6, 6.07) is 3.86.